The molecule has 4 nitrogen and oxygen atoms in total. The molecule has 0 bridgehead atoms. The van der Waals surface area contributed by atoms with Crippen molar-refractivity contribution in [1.29, 1.82) is 0 Å². The van der Waals surface area contributed by atoms with Gasteiger partial charge >= 0.3 is 5.97 Å². The largest absolute Gasteiger partial charge is 0.424 e. The average Bonchev–Trinajstić information content (AvgIpc) is 2.44. The maximum absolute atomic E-state index is 5.93. The molecule has 2 aliphatic heterocycles. The minimum Gasteiger partial charge on any atom is -0.424 e. The molecule has 1 saturated heterocycles. The molecule has 0 aromatic carbocycles. The van der Waals surface area contributed by atoms with Crippen LogP contribution in [0.15, 0.2) is 4.99 Å². The highest BCUT2D eigenvalue weighted by molar-refractivity contribution is 5.76. The molecule has 0 unspecified atom stereocenters. The lowest BCUT2D eigenvalue weighted by Gasteiger charge is -2.55. The van der Waals surface area contributed by atoms with Crippen molar-refractivity contribution >= 4 is 5.90 Å². The number of hydrogen-bond acceptors (Lipinski definition) is 4. The molecule has 2 heterocycles. The van der Waals surface area contributed by atoms with Gasteiger partial charge in [0.05, 0.1) is 6.10 Å². The number of hydrogen-bond donors (Lipinski definition) is 0. The number of methoxy groups -OCH3 is 1. The minimum absolute atomic E-state index is 0.0947. The van der Waals surface area contributed by atoms with Crippen LogP contribution in [0.5, 0.6) is 0 Å². The summed E-state index contributed by atoms with van der Waals surface area (Å²) in [6, 6.07) is 0. The van der Waals surface area contributed by atoms with Crippen molar-refractivity contribution in [3.63, 3.8) is 0 Å². The Morgan fingerprint density at radius 3 is 2.44 bits per heavy atom. The molecule has 18 heavy (non-hydrogen) atoms. The van der Waals surface area contributed by atoms with E-state index in [-0.39, 0.29) is 11.6 Å². The van der Waals surface area contributed by atoms with E-state index in [1.165, 1.54) is 0 Å². The number of ether oxygens (including phenoxy) is 3. The monoisotopic (exact) mass is 255 g/mol. The van der Waals surface area contributed by atoms with E-state index in [0.717, 1.165) is 12.8 Å². The zero-order valence-corrected chi connectivity index (χ0v) is 12.3. The van der Waals surface area contributed by atoms with Crippen molar-refractivity contribution in [3.8, 4) is 0 Å². The summed E-state index contributed by atoms with van der Waals surface area (Å²) in [5.41, 5.74) is -0.357. The van der Waals surface area contributed by atoms with Gasteiger partial charge in [0.2, 0.25) is 0 Å². The Labute approximate surface area is 110 Å². The van der Waals surface area contributed by atoms with Crippen LogP contribution in [0.3, 0.4) is 0 Å². The summed E-state index contributed by atoms with van der Waals surface area (Å²) in [5.74, 6) is 0.797. The second kappa shape index (κ2) is 4.49. The molecule has 1 fully saturated rings. The van der Waals surface area contributed by atoms with Crippen molar-refractivity contribution in [2.24, 2.45) is 16.8 Å². The second-order valence-electron chi connectivity index (χ2n) is 6.25. The SMILES string of the molecule is CO[C@@]12OC(C)=N[C@@]1(CC(C)C)[C@@H](CC(C)C)O2. The Kier molecular flexibility index (Phi) is 3.45. The topological polar surface area (TPSA) is 40.0 Å². The van der Waals surface area contributed by atoms with Crippen molar-refractivity contribution in [2.45, 2.75) is 65.1 Å². The maximum Gasteiger partial charge on any atom is 0.357 e. The zero-order valence-electron chi connectivity index (χ0n) is 12.3. The van der Waals surface area contributed by atoms with E-state index >= 15 is 0 Å². The molecule has 0 radical (unpaired) electrons. The average molecular weight is 255 g/mol. The summed E-state index contributed by atoms with van der Waals surface area (Å²) >= 11 is 0. The molecule has 2 rings (SSSR count). The van der Waals surface area contributed by atoms with Crippen LogP contribution in [-0.4, -0.2) is 30.6 Å². The molecular formula is C14H25NO3. The van der Waals surface area contributed by atoms with Gasteiger partial charge in [0.1, 0.15) is 0 Å². The van der Waals surface area contributed by atoms with Crippen LogP contribution in [0.4, 0.5) is 0 Å². The van der Waals surface area contributed by atoms with Gasteiger partial charge in [-0.2, -0.15) is 0 Å². The summed E-state index contributed by atoms with van der Waals surface area (Å²) in [5, 5.41) is 0. The molecule has 0 spiro atoms. The van der Waals surface area contributed by atoms with E-state index in [0.29, 0.717) is 17.7 Å². The smallest absolute Gasteiger partial charge is 0.357 e. The standard InChI is InChI=1S/C14H25NO3/c1-9(2)7-12-13(8-10(3)4)14(16-6,18-12)17-11(5)15-13/h9-10,12H,7-8H2,1-6H3/t12-,13+,14-/m1/s1. The van der Waals surface area contributed by atoms with Gasteiger partial charge in [-0.05, 0) is 24.7 Å². The predicted octanol–water partition coefficient (Wildman–Crippen LogP) is 2.97. The fourth-order valence-corrected chi connectivity index (χ4v) is 3.14. The van der Waals surface area contributed by atoms with E-state index in [1.807, 2.05) is 6.92 Å². The molecule has 0 amide bonds. The second-order valence-corrected chi connectivity index (χ2v) is 6.25. The summed E-state index contributed by atoms with van der Waals surface area (Å²) in [4.78, 5) is 4.75. The molecule has 4 heteroatoms. The fraction of sp³-hybridized carbons (Fsp3) is 0.929. The molecule has 0 saturated carbocycles. The Morgan fingerprint density at radius 1 is 1.28 bits per heavy atom. The Balaban J connectivity index is 2.28. The zero-order chi connectivity index (χ0) is 13.6. The van der Waals surface area contributed by atoms with Gasteiger partial charge in [-0.25, -0.2) is 4.99 Å². The quantitative estimate of drug-likeness (QED) is 0.758. The molecular weight excluding hydrogens is 230 g/mol. The third-order valence-electron chi connectivity index (χ3n) is 3.67. The molecule has 0 aliphatic carbocycles. The third-order valence-corrected chi connectivity index (χ3v) is 3.67. The van der Waals surface area contributed by atoms with Crippen LogP contribution in [0.1, 0.15) is 47.5 Å². The first kappa shape index (κ1) is 13.8. The van der Waals surface area contributed by atoms with Gasteiger partial charge in [0.25, 0.3) is 0 Å². The van der Waals surface area contributed by atoms with Crippen LogP contribution in [0, 0.1) is 11.8 Å². The summed E-state index contributed by atoms with van der Waals surface area (Å²) in [7, 11) is 1.63. The molecule has 2 aliphatic rings. The molecule has 0 aromatic rings. The Hall–Kier alpha value is -0.610. The lowest BCUT2D eigenvalue weighted by atomic mass is 9.74. The summed E-state index contributed by atoms with van der Waals surface area (Å²) in [6.45, 7) is 10.7. The molecule has 104 valence electrons. The normalized spacial score (nSPS) is 38.4. The van der Waals surface area contributed by atoms with E-state index < -0.39 is 5.97 Å². The van der Waals surface area contributed by atoms with Crippen LogP contribution in [0.25, 0.3) is 0 Å². The Morgan fingerprint density at radius 2 is 1.94 bits per heavy atom. The molecule has 3 atom stereocenters. The number of rotatable bonds is 5. The van der Waals surface area contributed by atoms with E-state index in [9.17, 15) is 0 Å². The molecule has 0 N–H and O–H groups in total. The molecule has 0 aromatic heterocycles. The Bertz CT molecular complexity index is 353. The van der Waals surface area contributed by atoms with Gasteiger partial charge in [0.15, 0.2) is 11.4 Å². The summed E-state index contributed by atoms with van der Waals surface area (Å²) < 4.78 is 17.2. The maximum atomic E-state index is 5.93. The number of aliphatic imine (C=N–C) groups is 1. The van der Waals surface area contributed by atoms with Crippen molar-refractivity contribution in [1.82, 2.24) is 0 Å². The van der Waals surface area contributed by atoms with Crippen molar-refractivity contribution in [2.75, 3.05) is 7.11 Å². The lowest BCUT2D eigenvalue weighted by Crippen LogP contribution is -2.73. The van der Waals surface area contributed by atoms with Crippen LogP contribution < -0.4 is 0 Å². The summed E-state index contributed by atoms with van der Waals surface area (Å²) in [6.07, 6.45) is 2.00. The number of fused-ring (bicyclic) bond motifs is 1. The first-order valence-corrected chi connectivity index (χ1v) is 6.83. The van der Waals surface area contributed by atoms with E-state index in [4.69, 9.17) is 19.2 Å². The fourth-order valence-electron chi connectivity index (χ4n) is 3.14. The first-order valence-electron chi connectivity index (χ1n) is 6.83. The van der Waals surface area contributed by atoms with Gasteiger partial charge < -0.3 is 14.2 Å². The van der Waals surface area contributed by atoms with Gasteiger partial charge in [-0.15, -0.1) is 0 Å². The van der Waals surface area contributed by atoms with Gasteiger partial charge in [0, 0.05) is 14.0 Å². The number of nitrogens with zero attached hydrogens (tertiary/aromatic N) is 1. The van der Waals surface area contributed by atoms with Crippen LogP contribution in [0.2, 0.25) is 0 Å². The van der Waals surface area contributed by atoms with Crippen LogP contribution >= 0.6 is 0 Å². The van der Waals surface area contributed by atoms with Gasteiger partial charge in [-0.3, -0.25) is 0 Å². The lowest BCUT2D eigenvalue weighted by molar-refractivity contribution is -0.463. The van der Waals surface area contributed by atoms with Crippen molar-refractivity contribution in [3.05, 3.63) is 0 Å². The third kappa shape index (κ3) is 1.86. The minimum atomic E-state index is -0.971. The van der Waals surface area contributed by atoms with Crippen molar-refractivity contribution < 1.29 is 14.2 Å². The highest BCUT2D eigenvalue weighted by Gasteiger charge is 2.74. The first-order chi connectivity index (χ1) is 8.35. The van der Waals surface area contributed by atoms with Crippen LogP contribution in [-0.2, 0) is 14.2 Å². The van der Waals surface area contributed by atoms with E-state index in [2.05, 4.69) is 27.7 Å². The van der Waals surface area contributed by atoms with E-state index in [1.54, 1.807) is 7.11 Å². The van der Waals surface area contributed by atoms with Gasteiger partial charge in [-0.1, -0.05) is 27.7 Å². The predicted molar refractivity (Wildman–Crippen MR) is 70.4 cm³/mol. The highest BCUT2D eigenvalue weighted by Crippen LogP contribution is 2.55. The highest BCUT2D eigenvalue weighted by atomic mass is 16.9.